The summed E-state index contributed by atoms with van der Waals surface area (Å²) in [5.41, 5.74) is 7.28. The number of piperazine rings is 1. The van der Waals surface area contributed by atoms with Crippen LogP contribution in [-0.2, 0) is 13.0 Å². The molecule has 0 amide bonds. The number of imidazole rings is 1. The molecule has 4 nitrogen and oxygen atoms in total. The van der Waals surface area contributed by atoms with Crippen LogP contribution in [0.25, 0.3) is 16.9 Å². The van der Waals surface area contributed by atoms with Gasteiger partial charge in [-0.1, -0.05) is 31.2 Å². The fourth-order valence-corrected chi connectivity index (χ4v) is 3.56. The first-order valence-corrected chi connectivity index (χ1v) is 9.24. The van der Waals surface area contributed by atoms with E-state index in [0.29, 0.717) is 0 Å². The van der Waals surface area contributed by atoms with Gasteiger partial charge in [-0.3, -0.25) is 4.90 Å². The average molecular weight is 334 g/mol. The van der Waals surface area contributed by atoms with Gasteiger partial charge in [-0.15, -0.1) is 0 Å². The maximum absolute atomic E-state index is 4.99. The van der Waals surface area contributed by atoms with Gasteiger partial charge in [0, 0.05) is 44.5 Å². The lowest BCUT2D eigenvalue weighted by atomic mass is 10.1. The third-order valence-corrected chi connectivity index (χ3v) is 5.10. The van der Waals surface area contributed by atoms with Crippen molar-refractivity contribution in [1.29, 1.82) is 0 Å². The number of fused-ring (bicyclic) bond motifs is 1. The van der Waals surface area contributed by atoms with E-state index in [1.165, 1.54) is 22.4 Å². The minimum absolute atomic E-state index is 0.941. The summed E-state index contributed by atoms with van der Waals surface area (Å²) in [6.45, 7) is 9.57. The number of hydrogen-bond donors (Lipinski definition) is 1. The second-order valence-corrected chi connectivity index (χ2v) is 6.92. The molecule has 0 spiro atoms. The van der Waals surface area contributed by atoms with Crippen molar-refractivity contribution >= 4 is 5.65 Å². The highest BCUT2D eigenvalue weighted by molar-refractivity contribution is 5.67. The number of rotatable bonds is 4. The van der Waals surface area contributed by atoms with E-state index in [9.17, 15) is 0 Å². The molecule has 1 aromatic carbocycles. The highest BCUT2D eigenvalue weighted by Gasteiger charge is 2.18. The second kappa shape index (κ2) is 6.98. The summed E-state index contributed by atoms with van der Waals surface area (Å²) in [5, 5.41) is 3.43. The number of hydrogen-bond acceptors (Lipinski definition) is 3. The largest absolute Gasteiger partial charge is 0.314 e. The van der Waals surface area contributed by atoms with E-state index < -0.39 is 0 Å². The van der Waals surface area contributed by atoms with Crippen molar-refractivity contribution < 1.29 is 0 Å². The Hall–Kier alpha value is -2.17. The molecule has 0 saturated carbocycles. The summed E-state index contributed by atoms with van der Waals surface area (Å²) in [6.07, 6.45) is 3.23. The third-order valence-electron chi connectivity index (χ3n) is 5.10. The molecule has 1 aliphatic heterocycles. The maximum atomic E-state index is 4.99. The lowest BCUT2D eigenvalue weighted by Gasteiger charge is -2.27. The number of aryl methyl sites for hydroxylation is 2. The zero-order valence-electron chi connectivity index (χ0n) is 15.1. The molecule has 1 fully saturated rings. The SMILES string of the molecule is CCc1ccc(-c2nc3cc(C)ccn3c2CN2CCNCC2)cc1. The molecule has 0 aliphatic carbocycles. The van der Waals surface area contributed by atoms with Crippen LogP contribution in [0.5, 0.6) is 0 Å². The molecule has 1 saturated heterocycles. The molecule has 3 heterocycles. The van der Waals surface area contributed by atoms with Crippen LogP contribution in [0.4, 0.5) is 0 Å². The Bertz CT molecular complexity index is 857. The van der Waals surface area contributed by atoms with Gasteiger partial charge in [-0.05, 0) is 36.6 Å². The van der Waals surface area contributed by atoms with Gasteiger partial charge in [-0.25, -0.2) is 4.98 Å². The van der Waals surface area contributed by atoms with Crippen LogP contribution in [0.1, 0.15) is 23.7 Å². The molecule has 4 rings (SSSR count). The molecule has 0 bridgehead atoms. The van der Waals surface area contributed by atoms with Crippen LogP contribution >= 0.6 is 0 Å². The van der Waals surface area contributed by atoms with Gasteiger partial charge >= 0.3 is 0 Å². The van der Waals surface area contributed by atoms with Crippen molar-refractivity contribution in [2.75, 3.05) is 26.2 Å². The van der Waals surface area contributed by atoms with Crippen molar-refractivity contribution in [2.24, 2.45) is 0 Å². The van der Waals surface area contributed by atoms with Crippen LogP contribution in [-0.4, -0.2) is 40.5 Å². The van der Waals surface area contributed by atoms with Crippen LogP contribution < -0.4 is 5.32 Å². The fraction of sp³-hybridized carbons (Fsp3) is 0.381. The molecule has 3 aromatic rings. The topological polar surface area (TPSA) is 32.6 Å². The number of aromatic nitrogens is 2. The quantitative estimate of drug-likeness (QED) is 0.795. The number of benzene rings is 1. The standard InChI is InChI=1S/C21H26N4/c1-3-17-4-6-18(7-5-17)21-19(15-24-12-9-22-10-13-24)25-11-8-16(2)14-20(25)23-21/h4-8,11,14,22H,3,9-10,12-13,15H2,1-2H3. The van der Waals surface area contributed by atoms with E-state index in [4.69, 9.17) is 4.98 Å². The molecule has 0 unspecified atom stereocenters. The van der Waals surface area contributed by atoms with Gasteiger partial charge in [0.15, 0.2) is 0 Å². The summed E-state index contributed by atoms with van der Waals surface area (Å²) in [4.78, 5) is 7.50. The zero-order valence-corrected chi connectivity index (χ0v) is 15.1. The predicted octanol–water partition coefficient (Wildman–Crippen LogP) is 3.28. The Morgan fingerprint density at radius 1 is 1.08 bits per heavy atom. The van der Waals surface area contributed by atoms with E-state index in [-0.39, 0.29) is 0 Å². The van der Waals surface area contributed by atoms with Crippen molar-refractivity contribution in [3.05, 3.63) is 59.4 Å². The molecule has 0 radical (unpaired) electrons. The first-order chi connectivity index (χ1) is 12.2. The van der Waals surface area contributed by atoms with Crippen LogP contribution in [0.15, 0.2) is 42.6 Å². The van der Waals surface area contributed by atoms with Gasteiger partial charge in [0.1, 0.15) is 5.65 Å². The minimum atomic E-state index is 0.941. The Morgan fingerprint density at radius 3 is 2.56 bits per heavy atom. The minimum Gasteiger partial charge on any atom is -0.314 e. The maximum Gasteiger partial charge on any atom is 0.137 e. The van der Waals surface area contributed by atoms with E-state index in [0.717, 1.165) is 50.5 Å². The van der Waals surface area contributed by atoms with Crippen molar-refractivity contribution in [3.8, 4) is 11.3 Å². The zero-order chi connectivity index (χ0) is 17.2. The van der Waals surface area contributed by atoms with Crippen molar-refractivity contribution in [3.63, 3.8) is 0 Å². The van der Waals surface area contributed by atoms with E-state index in [1.54, 1.807) is 0 Å². The first kappa shape index (κ1) is 16.3. The van der Waals surface area contributed by atoms with Crippen molar-refractivity contribution in [1.82, 2.24) is 19.6 Å². The fourth-order valence-electron chi connectivity index (χ4n) is 3.56. The Morgan fingerprint density at radius 2 is 1.84 bits per heavy atom. The van der Waals surface area contributed by atoms with Gasteiger partial charge in [0.05, 0.1) is 11.4 Å². The smallest absolute Gasteiger partial charge is 0.137 e. The Balaban J connectivity index is 1.78. The van der Waals surface area contributed by atoms with E-state index in [1.807, 2.05) is 0 Å². The normalized spacial score (nSPS) is 15.8. The van der Waals surface area contributed by atoms with Gasteiger partial charge in [-0.2, -0.15) is 0 Å². The molecule has 0 atom stereocenters. The molecule has 25 heavy (non-hydrogen) atoms. The van der Waals surface area contributed by atoms with Crippen molar-refractivity contribution in [2.45, 2.75) is 26.8 Å². The summed E-state index contributed by atoms with van der Waals surface area (Å²) in [5.74, 6) is 0. The van der Waals surface area contributed by atoms with Gasteiger partial charge < -0.3 is 9.72 Å². The van der Waals surface area contributed by atoms with Crippen LogP contribution in [0.2, 0.25) is 0 Å². The highest BCUT2D eigenvalue weighted by Crippen LogP contribution is 2.26. The molecule has 1 N–H and O–H groups in total. The first-order valence-electron chi connectivity index (χ1n) is 9.24. The number of nitrogens with one attached hydrogen (secondary N) is 1. The molecule has 4 heteroatoms. The lowest BCUT2D eigenvalue weighted by Crippen LogP contribution is -2.43. The molecule has 130 valence electrons. The number of pyridine rings is 1. The van der Waals surface area contributed by atoms with E-state index in [2.05, 4.69) is 71.1 Å². The average Bonchev–Trinajstić information content (AvgIpc) is 3.00. The molecular weight excluding hydrogens is 308 g/mol. The third kappa shape index (κ3) is 3.32. The summed E-state index contributed by atoms with van der Waals surface area (Å²) in [6, 6.07) is 13.2. The van der Waals surface area contributed by atoms with Crippen LogP contribution in [0.3, 0.4) is 0 Å². The summed E-state index contributed by atoms with van der Waals surface area (Å²) >= 11 is 0. The molecular formula is C21H26N4. The summed E-state index contributed by atoms with van der Waals surface area (Å²) in [7, 11) is 0. The van der Waals surface area contributed by atoms with Crippen LogP contribution in [0, 0.1) is 6.92 Å². The Kier molecular flexibility index (Phi) is 4.55. The molecule has 1 aliphatic rings. The molecule has 2 aromatic heterocycles. The Labute approximate surface area is 149 Å². The van der Waals surface area contributed by atoms with Gasteiger partial charge in [0.25, 0.3) is 0 Å². The van der Waals surface area contributed by atoms with E-state index >= 15 is 0 Å². The lowest BCUT2D eigenvalue weighted by molar-refractivity contribution is 0.230. The van der Waals surface area contributed by atoms with Gasteiger partial charge in [0.2, 0.25) is 0 Å². The number of nitrogens with zero attached hydrogens (tertiary/aromatic N) is 3. The highest BCUT2D eigenvalue weighted by atomic mass is 15.2. The second-order valence-electron chi connectivity index (χ2n) is 6.92. The predicted molar refractivity (Wildman–Crippen MR) is 103 cm³/mol. The monoisotopic (exact) mass is 334 g/mol. The summed E-state index contributed by atoms with van der Waals surface area (Å²) < 4.78 is 2.26.